The highest BCUT2D eigenvalue weighted by molar-refractivity contribution is 5.81. The molecule has 7 nitrogen and oxygen atoms in total. The summed E-state index contributed by atoms with van der Waals surface area (Å²) in [4.78, 5) is 22.8. The summed E-state index contributed by atoms with van der Waals surface area (Å²) in [5.41, 5.74) is -0.880. The van der Waals surface area contributed by atoms with Crippen molar-refractivity contribution in [1.82, 2.24) is 15.2 Å². The van der Waals surface area contributed by atoms with E-state index in [2.05, 4.69) is 10.6 Å². The molecule has 0 saturated carbocycles. The number of hydrogen-bond donors (Lipinski definition) is 4. The second-order valence-corrected chi connectivity index (χ2v) is 5.63. The number of likely N-dealkylation sites (N-methyl/N-ethyl adjacent to an activating group) is 1. The van der Waals surface area contributed by atoms with E-state index in [9.17, 15) is 19.8 Å². The van der Waals surface area contributed by atoms with Crippen molar-refractivity contribution in [3.63, 3.8) is 0 Å². The van der Waals surface area contributed by atoms with E-state index in [0.717, 1.165) is 19.1 Å². The highest BCUT2D eigenvalue weighted by atomic mass is 16.3. The maximum Gasteiger partial charge on any atom is 0.220 e. The molecule has 0 radical (unpaired) electrons. The number of rotatable bonds is 10. The number of nitrogens with one attached hydrogen (secondary N) is 2. The Hall–Kier alpha value is -2.02. The Labute approximate surface area is 130 Å². The molecule has 1 unspecified atom stereocenters. The minimum absolute atomic E-state index is 0.0315. The summed E-state index contributed by atoms with van der Waals surface area (Å²) in [6.45, 7) is 2.55. The number of carbonyl (C=O) groups excluding carboxylic acids is 2. The molecule has 1 rings (SSSR count). The lowest BCUT2D eigenvalue weighted by Crippen LogP contribution is -2.53. The van der Waals surface area contributed by atoms with E-state index in [1.54, 1.807) is 14.0 Å². The molecule has 1 aromatic rings. The molecule has 0 aliphatic carbocycles. The predicted octanol–water partition coefficient (Wildman–Crippen LogP) is 0.753. The van der Waals surface area contributed by atoms with Crippen LogP contribution in [0.25, 0.3) is 0 Å². The van der Waals surface area contributed by atoms with Gasteiger partial charge < -0.3 is 25.6 Å². The predicted molar refractivity (Wildman–Crippen MR) is 82.8 cm³/mol. The van der Waals surface area contributed by atoms with E-state index in [1.165, 1.54) is 16.7 Å². The summed E-state index contributed by atoms with van der Waals surface area (Å²) < 4.78 is 1.41. The van der Waals surface area contributed by atoms with Gasteiger partial charge in [0.05, 0.1) is 0 Å². The molecule has 22 heavy (non-hydrogen) atoms. The molecule has 0 fully saturated rings. The van der Waals surface area contributed by atoms with Gasteiger partial charge in [-0.05, 0) is 26.8 Å². The van der Waals surface area contributed by atoms with Crippen LogP contribution >= 0.6 is 0 Å². The maximum atomic E-state index is 11.8. The Kier molecular flexibility index (Phi) is 6.91. The van der Waals surface area contributed by atoms with Gasteiger partial charge in [0.2, 0.25) is 5.91 Å². The van der Waals surface area contributed by atoms with Crippen LogP contribution in [0.1, 0.15) is 32.6 Å². The third-order valence-electron chi connectivity index (χ3n) is 3.45. The molecule has 0 spiro atoms. The van der Waals surface area contributed by atoms with Crippen LogP contribution in [0, 0.1) is 0 Å². The first kappa shape index (κ1) is 18.0. The number of nitrogens with zero attached hydrogens (tertiary/aromatic N) is 1. The Balaban J connectivity index is 2.24. The Bertz CT molecular complexity index is 481. The van der Waals surface area contributed by atoms with E-state index in [0.29, 0.717) is 25.9 Å². The zero-order valence-electron chi connectivity index (χ0n) is 13.1. The molecule has 0 aromatic carbocycles. The van der Waals surface area contributed by atoms with Gasteiger partial charge in [-0.2, -0.15) is 0 Å². The molecule has 1 heterocycles. The van der Waals surface area contributed by atoms with Gasteiger partial charge in [-0.25, -0.2) is 0 Å². The number of carbonyl (C=O) groups is 2. The number of hydrogen-bond acceptors (Lipinski definition) is 5. The van der Waals surface area contributed by atoms with Crippen LogP contribution in [0.5, 0.6) is 11.8 Å². The van der Waals surface area contributed by atoms with E-state index in [4.69, 9.17) is 0 Å². The second-order valence-electron chi connectivity index (χ2n) is 5.63. The van der Waals surface area contributed by atoms with Crippen molar-refractivity contribution in [3.05, 3.63) is 12.1 Å². The molecular weight excluding hydrogens is 286 g/mol. The summed E-state index contributed by atoms with van der Waals surface area (Å²) in [5, 5.41) is 24.5. The smallest absolute Gasteiger partial charge is 0.220 e. The Morgan fingerprint density at radius 2 is 1.91 bits per heavy atom. The van der Waals surface area contributed by atoms with Crippen molar-refractivity contribution in [2.24, 2.45) is 0 Å². The van der Waals surface area contributed by atoms with Crippen molar-refractivity contribution in [3.8, 4) is 11.8 Å². The molecule has 0 aliphatic heterocycles. The third kappa shape index (κ3) is 5.40. The van der Waals surface area contributed by atoms with E-state index >= 15 is 0 Å². The molecule has 0 bridgehead atoms. The van der Waals surface area contributed by atoms with E-state index in [1.807, 2.05) is 0 Å². The van der Waals surface area contributed by atoms with E-state index < -0.39 is 5.54 Å². The molecule has 0 saturated heterocycles. The van der Waals surface area contributed by atoms with Gasteiger partial charge in [0.1, 0.15) is 11.8 Å². The van der Waals surface area contributed by atoms with Gasteiger partial charge >= 0.3 is 0 Å². The number of aldehydes is 1. The quantitative estimate of drug-likeness (QED) is 0.377. The van der Waals surface area contributed by atoms with Crippen molar-refractivity contribution in [2.75, 3.05) is 13.6 Å². The number of aromatic nitrogens is 1. The normalized spacial score (nSPS) is 13.5. The molecule has 7 heteroatoms. The largest absolute Gasteiger partial charge is 0.494 e. The van der Waals surface area contributed by atoms with Crippen molar-refractivity contribution in [1.29, 1.82) is 0 Å². The van der Waals surface area contributed by atoms with Crippen LogP contribution in [0.2, 0.25) is 0 Å². The van der Waals surface area contributed by atoms with E-state index in [-0.39, 0.29) is 17.7 Å². The minimum Gasteiger partial charge on any atom is -0.494 e. The van der Waals surface area contributed by atoms with Crippen LogP contribution in [0.3, 0.4) is 0 Å². The summed E-state index contributed by atoms with van der Waals surface area (Å²) in [5.74, 6) is -0.0929. The Morgan fingerprint density at radius 1 is 1.27 bits per heavy atom. The summed E-state index contributed by atoms with van der Waals surface area (Å²) in [7, 11) is 1.72. The zero-order chi connectivity index (χ0) is 16.6. The van der Waals surface area contributed by atoms with Crippen molar-refractivity contribution in [2.45, 2.75) is 44.7 Å². The SMILES string of the molecule is CNCC(C)(C=O)NC(=O)CCCCCn1c(O)ccc1O. The lowest BCUT2D eigenvalue weighted by atomic mass is 10.0. The van der Waals surface area contributed by atoms with Gasteiger partial charge in [0.25, 0.3) is 0 Å². The fraction of sp³-hybridized carbons (Fsp3) is 0.600. The number of aromatic hydroxyl groups is 2. The first-order valence-electron chi connectivity index (χ1n) is 7.41. The van der Waals surface area contributed by atoms with Crippen LogP contribution < -0.4 is 10.6 Å². The number of unbranched alkanes of at least 4 members (excludes halogenated alkanes) is 2. The summed E-state index contributed by atoms with van der Waals surface area (Å²) >= 11 is 0. The van der Waals surface area contributed by atoms with Crippen LogP contribution in [0.4, 0.5) is 0 Å². The first-order chi connectivity index (χ1) is 10.4. The summed E-state index contributed by atoms with van der Waals surface area (Å²) in [6, 6.07) is 2.87. The number of amides is 1. The molecular formula is C15H25N3O4. The monoisotopic (exact) mass is 311 g/mol. The zero-order valence-corrected chi connectivity index (χ0v) is 13.1. The van der Waals surface area contributed by atoms with Gasteiger partial charge in [0.15, 0.2) is 11.8 Å². The highest BCUT2D eigenvalue weighted by Crippen LogP contribution is 2.21. The first-order valence-corrected chi connectivity index (χ1v) is 7.41. The fourth-order valence-corrected chi connectivity index (χ4v) is 2.27. The van der Waals surface area contributed by atoms with Gasteiger partial charge in [-0.15, -0.1) is 0 Å². The van der Waals surface area contributed by atoms with Crippen molar-refractivity contribution < 1.29 is 19.8 Å². The molecule has 4 N–H and O–H groups in total. The molecule has 1 aromatic heterocycles. The van der Waals surface area contributed by atoms with Gasteiger partial charge in [-0.3, -0.25) is 9.36 Å². The standard InChI is InChI=1S/C15H25N3O4/c1-15(11-19,10-16-2)17-12(20)6-4-3-5-9-18-13(21)7-8-14(18)22/h7-8,11,16,21-22H,3-6,9-10H2,1-2H3,(H,17,20). The summed E-state index contributed by atoms with van der Waals surface area (Å²) in [6.07, 6.45) is 3.29. The van der Waals surface area contributed by atoms with Crippen molar-refractivity contribution >= 4 is 12.2 Å². The molecule has 1 amide bonds. The van der Waals surface area contributed by atoms with Crippen LogP contribution in [-0.4, -0.2) is 46.1 Å². The second kappa shape index (κ2) is 8.43. The third-order valence-corrected chi connectivity index (χ3v) is 3.45. The maximum absolute atomic E-state index is 11.8. The van der Waals surface area contributed by atoms with Crippen LogP contribution in [-0.2, 0) is 16.1 Å². The van der Waals surface area contributed by atoms with Gasteiger partial charge in [0, 0.05) is 31.6 Å². The fourth-order valence-electron chi connectivity index (χ4n) is 2.27. The lowest BCUT2D eigenvalue weighted by molar-refractivity contribution is -0.126. The Morgan fingerprint density at radius 3 is 2.45 bits per heavy atom. The molecule has 1 atom stereocenters. The average molecular weight is 311 g/mol. The molecule has 124 valence electrons. The van der Waals surface area contributed by atoms with Gasteiger partial charge in [-0.1, -0.05) is 6.42 Å². The lowest BCUT2D eigenvalue weighted by Gasteiger charge is -2.24. The van der Waals surface area contributed by atoms with Crippen LogP contribution in [0.15, 0.2) is 12.1 Å². The highest BCUT2D eigenvalue weighted by Gasteiger charge is 2.24. The average Bonchev–Trinajstić information content (AvgIpc) is 2.78. The topological polar surface area (TPSA) is 104 Å². The minimum atomic E-state index is -0.880. The molecule has 0 aliphatic rings.